The number of aldehydes is 1. The lowest BCUT2D eigenvalue weighted by molar-refractivity contribution is -0.104. The van der Waals surface area contributed by atoms with Gasteiger partial charge in [0.15, 0.2) is 0 Å². The van der Waals surface area contributed by atoms with E-state index in [4.69, 9.17) is 4.74 Å². The van der Waals surface area contributed by atoms with Crippen LogP contribution >= 0.6 is 0 Å². The molecule has 0 aliphatic rings. The van der Waals surface area contributed by atoms with Gasteiger partial charge in [-0.05, 0) is 25.3 Å². The van der Waals surface area contributed by atoms with Crippen LogP contribution in [0.5, 0.6) is 0 Å². The largest absolute Gasteiger partial charge is 0.381 e. The van der Waals surface area contributed by atoms with Gasteiger partial charge in [0.1, 0.15) is 6.29 Å². The number of hydrogen-bond donors (Lipinski definition) is 0. The minimum atomic E-state index is 0.237. The second kappa shape index (κ2) is 6.84. The second-order valence-electron chi connectivity index (χ2n) is 3.51. The fourth-order valence-electron chi connectivity index (χ4n) is 1.28. The van der Waals surface area contributed by atoms with E-state index in [0.717, 1.165) is 24.7 Å². The van der Waals surface area contributed by atoms with Crippen molar-refractivity contribution in [2.75, 3.05) is 7.11 Å². The van der Waals surface area contributed by atoms with E-state index in [2.05, 4.69) is 13.8 Å². The molecule has 0 heterocycles. The van der Waals surface area contributed by atoms with Crippen molar-refractivity contribution in [2.45, 2.75) is 39.7 Å². The van der Waals surface area contributed by atoms with Gasteiger partial charge in [-0.15, -0.1) is 0 Å². The first-order chi connectivity index (χ1) is 6.15. The Balaban J connectivity index is 4.11. The third kappa shape index (κ3) is 4.83. The van der Waals surface area contributed by atoms with Gasteiger partial charge in [0.25, 0.3) is 0 Å². The molecule has 2 nitrogen and oxygen atoms in total. The summed E-state index contributed by atoms with van der Waals surface area (Å²) in [6.07, 6.45) is 4.63. The third-order valence-corrected chi connectivity index (χ3v) is 2.46. The molecule has 0 aromatic carbocycles. The molecule has 0 spiro atoms. The van der Waals surface area contributed by atoms with Crippen LogP contribution in [0.2, 0.25) is 0 Å². The summed E-state index contributed by atoms with van der Waals surface area (Å²) in [7, 11) is 1.73. The zero-order valence-corrected chi connectivity index (χ0v) is 9.04. The Morgan fingerprint density at radius 3 is 2.54 bits per heavy atom. The molecule has 0 radical (unpaired) electrons. The van der Waals surface area contributed by atoms with Crippen molar-refractivity contribution in [2.24, 2.45) is 5.92 Å². The van der Waals surface area contributed by atoms with Gasteiger partial charge in [0.2, 0.25) is 0 Å². The molecule has 76 valence electrons. The number of rotatable bonds is 6. The summed E-state index contributed by atoms with van der Waals surface area (Å²) >= 11 is 0. The Morgan fingerprint density at radius 1 is 1.54 bits per heavy atom. The van der Waals surface area contributed by atoms with Crippen LogP contribution in [-0.4, -0.2) is 19.5 Å². The molecule has 0 bridgehead atoms. The van der Waals surface area contributed by atoms with Gasteiger partial charge >= 0.3 is 0 Å². The van der Waals surface area contributed by atoms with E-state index >= 15 is 0 Å². The fraction of sp³-hybridized carbons (Fsp3) is 0.727. The molecule has 2 atom stereocenters. The first-order valence-corrected chi connectivity index (χ1v) is 4.79. The highest BCUT2D eigenvalue weighted by Gasteiger charge is 2.14. The summed E-state index contributed by atoms with van der Waals surface area (Å²) < 4.78 is 5.36. The number of allylic oxidation sites excluding steroid dienone is 1. The van der Waals surface area contributed by atoms with Gasteiger partial charge < -0.3 is 4.74 Å². The van der Waals surface area contributed by atoms with E-state index in [1.54, 1.807) is 13.2 Å². The van der Waals surface area contributed by atoms with Crippen LogP contribution in [0.3, 0.4) is 0 Å². The molecule has 0 fully saturated rings. The first-order valence-electron chi connectivity index (χ1n) is 4.79. The highest BCUT2D eigenvalue weighted by molar-refractivity contribution is 5.65. The number of carbonyl (C=O) groups excluding carboxylic acids is 1. The van der Waals surface area contributed by atoms with E-state index in [-0.39, 0.29) is 6.10 Å². The van der Waals surface area contributed by atoms with Crippen LogP contribution in [0.4, 0.5) is 0 Å². The van der Waals surface area contributed by atoms with Crippen molar-refractivity contribution >= 4 is 6.29 Å². The predicted molar refractivity (Wildman–Crippen MR) is 54.7 cm³/mol. The molecule has 0 saturated carbocycles. The van der Waals surface area contributed by atoms with E-state index in [1.165, 1.54) is 0 Å². The van der Waals surface area contributed by atoms with Crippen LogP contribution in [-0.2, 0) is 9.53 Å². The minimum Gasteiger partial charge on any atom is -0.381 e. The van der Waals surface area contributed by atoms with Gasteiger partial charge in [-0.25, -0.2) is 0 Å². The summed E-state index contributed by atoms with van der Waals surface area (Å²) in [5, 5.41) is 0. The molecule has 2 unspecified atom stereocenters. The summed E-state index contributed by atoms with van der Waals surface area (Å²) in [6, 6.07) is 0. The van der Waals surface area contributed by atoms with Gasteiger partial charge in [0.05, 0.1) is 6.10 Å². The van der Waals surface area contributed by atoms with Crippen molar-refractivity contribution in [3.63, 3.8) is 0 Å². The quantitative estimate of drug-likeness (QED) is 0.468. The SMILES string of the molecule is CCC(C)C(CC(C)=CC=O)OC. The molecular formula is C11H20O2. The summed E-state index contributed by atoms with van der Waals surface area (Å²) in [4.78, 5) is 10.2. The molecule has 0 saturated heterocycles. The Bertz CT molecular complexity index is 173. The van der Waals surface area contributed by atoms with Gasteiger partial charge in [0, 0.05) is 7.11 Å². The van der Waals surface area contributed by atoms with Crippen molar-refractivity contribution in [3.8, 4) is 0 Å². The number of methoxy groups -OCH3 is 1. The van der Waals surface area contributed by atoms with Gasteiger partial charge in [-0.3, -0.25) is 4.79 Å². The summed E-state index contributed by atoms with van der Waals surface area (Å²) in [5.41, 5.74) is 1.09. The highest BCUT2D eigenvalue weighted by atomic mass is 16.5. The molecule has 0 aliphatic carbocycles. The Kier molecular flexibility index (Phi) is 6.51. The zero-order valence-electron chi connectivity index (χ0n) is 9.04. The Hall–Kier alpha value is -0.630. The van der Waals surface area contributed by atoms with Crippen LogP contribution in [0, 0.1) is 5.92 Å². The molecule has 0 aromatic heterocycles. The molecule has 13 heavy (non-hydrogen) atoms. The maximum absolute atomic E-state index is 10.2. The zero-order chi connectivity index (χ0) is 10.3. The molecule has 0 rings (SSSR count). The second-order valence-corrected chi connectivity index (χ2v) is 3.51. The van der Waals surface area contributed by atoms with E-state index in [1.807, 2.05) is 6.92 Å². The summed E-state index contributed by atoms with van der Waals surface area (Å²) in [5.74, 6) is 0.542. The van der Waals surface area contributed by atoms with Crippen molar-refractivity contribution in [3.05, 3.63) is 11.6 Å². The monoisotopic (exact) mass is 184 g/mol. The van der Waals surface area contributed by atoms with E-state index in [0.29, 0.717) is 5.92 Å². The number of ether oxygens (including phenoxy) is 1. The smallest absolute Gasteiger partial charge is 0.142 e. The lowest BCUT2D eigenvalue weighted by atomic mass is 9.96. The average molecular weight is 184 g/mol. The maximum atomic E-state index is 10.2. The molecule has 0 N–H and O–H groups in total. The predicted octanol–water partition coefficient (Wildman–Crippen LogP) is 2.58. The van der Waals surface area contributed by atoms with E-state index in [9.17, 15) is 4.79 Å². The van der Waals surface area contributed by atoms with Crippen molar-refractivity contribution in [1.29, 1.82) is 0 Å². The first kappa shape index (κ1) is 12.4. The number of hydrogen-bond acceptors (Lipinski definition) is 2. The van der Waals surface area contributed by atoms with Crippen LogP contribution in [0.25, 0.3) is 0 Å². The summed E-state index contributed by atoms with van der Waals surface area (Å²) in [6.45, 7) is 6.28. The lowest BCUT2D eigenvalue weighted by Crippen LogP contribution is -2.20. The van der Waals surface area contributed by atoms with Crippen molar-refractivity contribution < 1.29 is 9.53 Å². The maximum Gasteiger partial charge on any atom is 0.142 e. The van der Waals surface area contributed by atoms with Gasteiger partial charge in [-0.2, -0.15) is 0 Å². The topological polar surface area (TPSA) is 26.3 Å². The van der Waals surface area contributed by atoms with Gasteiger partial charge in [-0.1, -0.05) is 25.8 Å². The molecule has 0 amide bonds. The molecular weight excluding hydrogens is 164 g/mol. The van der Waals surface area contributed by atoms with Crippen molar-refractivity contribution in [1.82, 2.24) is 0 Å². The number of carbonyl (C=O) groups is 1. The Labute approximate surface area is 81.0 Å². The average Bonchev–Trinajstić information content (AvgIpc) is 2.13. The molecule has 2 heteroatoms. The lowest BCUT2D eigenvalue weighted by Gasteiger charge is -2.21. The van der Waals surface area contributed by atoms with Crippen LogP contribution in [0.1, 0.15) is 33.6 Å². The highest BCUT2D eigenvalue weighted by Crippen LogP contribution is 2.17. The van der Waals surface area contributed by atoms with E-state index < -0.39 is 0 Å². The molecule has 0 aromatic rings. The van der Waals surface area contributed by atoms with Crippen LogP contribution in [0.15, 0.2) is 11.6 Å². The Morgan fingerprint density at radius 2 is 2.15 bits per heavy atom. The third-order valence-electron chi connectivity index (χ3n) is 2.46. The minimum absolute atomic E-state index is 0.237. The standard InChI is InChI=1S/C11H20O2/c1-5-10(3)11(13-4)8-9(2)6-7-12/h6-7,10-11H,5,8H2,1-4H3. The normalized spacial score (nSPS) is 16.8. The molecule has 0 aliphatic heterocycles. The fourth-order valence-corrected chi connectivity index (χ4v) is 1.28. The van der Waals surface area contributed by atoms with Crippen LogP contribution < -0.4 is 0 Å².